The predicted molar refractivity (Wildman–Crippen MR) is 90.3 cm³/mol. The molecule has 128 valence electrons. The van der Waals surface area contributed by atoms with Gasteiger partial charge in [-0.25, -0.2) is 13.1 Å². The van der Waals surface area contributed by atoms with Gasteiger partial charge in [0.05, 0.1) is 12.4 Å². The number of sulfonamides is 1. The lowest BCUT2D eigenvalue weighted by Gasteiger charge is -2.31. The summed E-state index contributed by atoms with van der Waals surface area (Å²) in [6.45, 7) is 3.62. The van der Waals surface area contributed by atoms with Crippen LogP contribution in [0.1, 0.15) is 49.9 Å². The Morgan fingerprint density at radius 3 is 2.74 bits per heavy atom. The minimum Gasteiger partial charge on any atom is -0.493 e. The second kappa shape index (κ2) is 7.93. The molecule has 1 N–H and O–H groups in total. The van der Waals surface area contributed by atoms with E-state index in [1.165, 1.54) is 6.92 Å². The molecule has 0 bridgehead atoms. The van der Waals surface area contributed by atoms with Crippen molar-refractivity contribution in [2.24, 2.45) is 5.92 Å². The van der Waals surface area contributed by atoms with E-state index in [1.54, 1.807) is 25.1 Å². The quantitative estimate of drug-likeness (QED) is 0.775. The molecule has 1 aromatic carbocycles. The molecular formula is C17H25NO4S. The van der Waals surface area contributed by atoms with Crippen LogP contribution < -0.4 is 9.46 Å². The maximum absolute atomic E-state index is 11.8. The lowest BCUT2D eigenvalue weighted by molar-refractivity contribution is 0.101. The normalized spacial score (nSPS) is 21.8. The summed E-state index contributed by atoms with van der Waals surface area (Å²) in [6.07, 6.45) is 3.92. The maximum Gasteiger partial charge on any atom is 0.211 e. The van der Waals surface area contributed by atoms with Crippen LogP contribution in [-0.4, -0.2) is 32.6 Å². The number of rotatable bonds is 7. The van der Waals surface area contributed by atoms with E-state index in [0.717, 1.165) is 25.7 Å². The van der Waals surface area contributed by atoms with Gasteiger partial charge in [-0.2, -0.15) is 0 Å². The van der Waals surface area contributed by atoms with Crippen molar-refractivity contribution in [3.8, 4) is 5.75 Å². The molecule has 5 nitrogen and oxygen atoms in total. The van der Waals surface area contributed by atoms with Crippen molar-refractivity contribution >= 4 is 15.8 Å². The highest BCUT2D eigenvalue weighted by Crippen LogP contribution is 2.26. The molecule has 6 heteroatoms. The van der Waals surface area contributed by atoms with Gasteiger partial charge in [0.15, 0.2) is 5.78 Å². The molecule has 1 aliphatic carbocycles. The lowest BCUT2D eigenvalue weighted by atomic mass is 9.86. The number of Topliss-reactive ketones (excluding diaryl/α,β-unsaturated/α-hetero) is 1. The van der Waals surface area contributed by atoms with E-state index in [9.17, 15) is 13.2 Å². The molecule has 0 spiro atoms. The first-order valence-electron chi connectivity index (χ1n) is 8.15. The van der Waals surface area contributed by atoms with Crippen molar-refractivity contribution in [2.75, 3.05) is 12.4 Å². The number of nitrogens with one attached hydrogen (secondary N) is 1. The highest BCUT2D eigenvalue weighted by molar-refractivity contribution is 7.89. The summed E-state index contributed by atoms with van der Waals surface area (Å²) in [5.41, 5.74) is 0.620. The zero-order valence-corrected chi connectivity index (χ0v) is 14.6. The van der Waals surface area contributed by atoms with Crippen LogP contribution in [0, 0.1) is 5.92 Å². The van der Waals surface area contributed by atoms with Gasteiger partial charge in [-0.05, 0) is 38.8 Å². The lowest BCUT2D eigenvalue weighted by Crippen LogP contribution is -2.44. The van der Waals surface area contributed by atoms with Crippen molar-refractivity contribution in [3.63, 3.8) is 0 Å². The van der Waals surface area contributed by atoms with Gasteiger partial charge >= 0.3 is 0 Å². The van der Waals surface area contributed by atoms with Crippen LogP contribution in [0.25, 0.3) is 0 Å². The van der Waals surface area contributed by atoms with E-state index < -0.39 is 10.0 Å². The number of carbonyl (C=O) groups is 1. The van der Waals surface area contributed by atoms with Gasteiger partial charge in [-0.3, -0.25) is 4.79 Å². The molecule has 2 rings (SSSR count). The van der Waals surface area contributed by atoms with Gasteiger partial charge in [0, 0.05) is 17.5 Å². The van der Waals surface area contributed by atoms with E-state index in [4.69, 9.17) is 4.74 Å². The third-order valence-corrected chi connectivity index (χ3v) is 5.75. The van der Waals surface area contributed by atoms with E-state index in [2.05, 4.69) is 4.72 Å². The molecule has 0 heterocycles. The van der Waals surface area contributed by atoms with Crippen LogP contribution >= 0.6 is 0 Å². The van der Waals surface area contributed by atoms with Crippen LogP contribution in [-0.2, 0) is 10.0 Å². The summed E-state index contributed by atoms with van der Waals surface area (Å²) in [4.78, 5) is 11.4. The van der Waals surface area contributed by atoms with Gasteiger partial charge in [-0.1, -0.05) is 25.0 Å². The number of carbonyl (C=O) groups excluding carboxylic acids is 1. The zero-order valence-electron chi connectivity index (χ0n) is 13.7. The van der Waals surface area contributed by atoms with Crippen LogP contribution in [0.3, 0.4) is 0 Å². The van der Waals surface area contributed by atoms with Gasteiger partial charge in [0.1, 0.15) is 5.75 Å². The summed E-state index contributed by atoms with van der Waals surface area (Å²) in [7, 11) is -3.20. The monoisotopic (exact) mass is 339 g/mol. The second-order valence-corrected chi connectivity index (χ2v) is 8.11. The minimum atomic E-state index is -3.20. The Kier molecular flexibility index (Phi) is 6.18. The number of hydrogen-bond acceptors (Lipinski definition) is 4. The van der Waals surface area contributed by atoms with Crippen LogP contribution in [0.4, 0.5) is 0 Å². The Morgan fingerprint density at radius 2 is 2.04 bits per heavy atom. The smallest absolute Gasteiger partial charge is 0.211 e. The minimum absolute atomic E-state index is 0.00157. The number of ketones is 1. The van der Waals surface area contributed by atoms with E-state index in [0.29, 0.717) is 17.9 Å². The summed E-state index contributed by atoms with van der Waals surface area (Å²) >= 11 is 0. The Labute approximate surface area is 138 Å². The van der Waals surface area contributed by atoms with E-state index in [-0.39, 0.29) is 23.5 Å². The third kappa shape index (κ3) is 5.32. The van der Waals surface area contributed by atoms with Crippen molar-refractivity contribution in [2.45, 2.75) is 45.6 Å². The summed E-state index contributed by atoms with van der Waals surface area (Å²) in [5.74, 6) is 0.908. The molecule has 2 atom stereocenters. The standard InChI is InChI=1S/C17H25NO4S/c1-3-23(20,21)18-17-10-5-4-7-15(17)12-22-16-9-6-8-14(11-16)13(2)19/h6,8-9,11,15,17-18H,3-5,7,10,12H2,1-2H3/t15-,17+/m0/s1. The SMILES string of the molecule is CCS(=O)(=O)N[C@@H]1CCCC[C@H]1COc1cccc(C(C)=O)c1. The van der Waals surface area contributed by atoms with Crippen molar-refractivity contribution in [1.29, 1.82) is 0 Å². The largest absolute Gasteiger partial charge is 0.493 e. The molecule has 0 radical (unpaired) electrons. The van der Waals surface area contributed by atoms with Crippen LogP contribution in [0.5, 0.6) is 5.75 Å². The van der Waals surface area contributed by atoms with E-state index in [1.807, 2.05) is 6.07 Å². The molecule has 0 aliphatic heterocycles. The molecule has 1 aliphatic rings. The maximum atomic E-state index is 11.8. The fraction of sp³-hybridized carbons (Fsp3) is 0.588. The van der Waals surface area contributed by atoms with Crippen molar-refractivity contribution in [3.05, 3.63) is 29.8 Å². The Bertz CT molecular complexity index is 642. The third-order valence-electron chi connectivity index (χ3n) is 4.32. The topological polar surface area (TPSA) is 72.5 Å². The molecular weight excluding hydrogens is 314 g/mol. The first kappa shape index (κ1) is 17.9. The molecule has 1 aromatic rings. The Hall–Kier alpha value is -1.40. The average molecular weight is 339 g/mol. The molecule has 0 amide bonds. The fourth-order valence-electron chi connectivity index (χ4n) is 2.88. The van der Waals surface area contributed by atoms with Gasteiger partial charge in [-0.15, -0.1) is 0 Å². The van der Waals surface area contributed by atoms with Crippen LogP contribution in [0.15, 0.2) is 24.3 Å². The fourth-order valence-corrected chi connectivity index (χ4v) is 3.82. The van der Waals surface area contributed by atoms with E-state index >= 15 is 0 Å². The average Bonchev–Trinajstić information content (AvgIpc) is 2.54. The van der Waals surface area contributed by atoms with Crippen LogP contribution in [0.2, 0.25) is 0 Å². The first-order valence-corrected chi connectivity index (χ1v) is 9.80. The summed E-state index contributed by atoms with van der Waals surface area (Å²) in [5, 5.41) is 0. The molecule has 0 unspecified atom stereocenters. The summed E-state index contributed by atoms with van der Waals surface area (Å²) < 4.78 is 32.3. The molecule has 1 saturated carbocycles. The molecule has 0 aromatic heterocycles. The summed E-state index contributed by atoms with van der Waals surface area (Å²) in [6, 6.07) is 7.04. The van der Waals surface area contributed by atoms with Gasteiger partial charge in [0.25, 0.3) is 0 Å². The molecule has 1 fully saturated rings. The number of ether oxygens (including phenoxy) is 1. The Balaban J connectivity index is 1.99. The highest BCUT2D eigenvalue weighted by Gasteiger charge is 2.28. The highest BCUT2D eigenvalue weighted by atomic mass is 32.2. The van der Waals surface area contributed by atoms with Gasteiger partial charge in [0.2, 0.25) is 10.0 Å². The zero-order chi connectivity index (χ0) is 16.9. The molecule has 23 heavy (non-hydrogen) atoms. The van der Waals surface area contributed by atoms with Gasteiger partial charge < -0.3 is 4.74 Å². The van der Waals surface area contributed by atoms with Crippen molar-refractivity contribution in [1.82, 2.24) is 4.72 Å². The number of benzene rings is 1. The second-order valence-electron chi connectivity index (χ2n) is 6.07. The number of hydrogen-bond donors (Lipinski definition) is 1. The molecule has 0 saturated heterocycles. The first-order chi connectivity index (χ1) is 10.9. The predicted octanol–water partition coefficient (Wildman–Crippen LogP) is 2.77. The van der Waals surface area contributed by atoms with Crippen molar-refractivity contribution < 1.29 is 17.9 Å². The Morgan fingerprint density at radius 1 is 1.30 bits per heavy atom.